The van der Waals surface area contributed by atoms with Crippen LogP contribution in [0.4, 0.5) is 0 Å². The molecule has 0 radical (unpaired) electrons. The van der Waals surface area contributed by atoms with Crippen molar-refractivity contribution in [1.29, 1.82) is 0 Å². The second-order valence-corrected chi connectivity index (χ2v) is 15.3. The van der Waals surface area contributed by atoms with Crippen LogP contribution in [0.15, 0.2) is 200 Å². The SMILES string of the molecule is c1ccc(-c2cccc(-n3c4ccccc4c4ccc(-c5ccc6c(c5)c5ccccc5n6-c5cc6c7ccccc7n7c8ccccc8c(c5)c67)cc43)c2)cc1. The molecule has 0 bridgehead atoms. The van der Waals surface area contributed by atoms with Gasteiger partial charge in [0.25, 0.3) is 0 Å². The minimum atomic E-state index is 1.16. The van der Waals surface area contributed by atoms with Crippen LogP contribution < -0.4 is 0 Å². The quantitative estimate of drug-likeness (QED) is 0.172. The van der Waals surface area contributed by atoms with E-state index in [-0.39, 0.29) is 0 Å². The van der Waals surface area contributed by atoms with Crippen LogP contribution in [0, 0.1) is 0 Å². The summed E-state index contributed by atoms with van der Waals surface area (Å²) in [7, 11) is 0. The molecule has 4 heterocycles. The maximum absolute atomic E-state index is 2.47. The summed E-state index contributed by atoms with van der Waals surface area (Å²) in [5.74, 6) is 0. The molecule has 3 nitrogen and oxygen atoms in total. The van der Waals surface area contributed by atoms with Crippen molar-refractivity contribution in [2.24, 2.45) is 0 Å². The van der Waals surface area contributed by atoms with E-state index in [9.17, 15) is 0 Å². The molecule has 9 aromatic carbocycles. The van der Waals surface area contributed by atoms with E-state index in [0.717, 1.165) is 5.69 Å². The monoisotopic (exact) mass is 723 g/mol. The van der Waals surface area contributed by atoms with Crippen molar-refractivity contribution in [3.8, 4) is 33.6 Å². The molecule has 0 aliphatic carbocycles. The Balaban J connectivity index is 1.02. The van der Waals surface area contributed by atoms with Gasteiger partial charge in [-0.3, -0.25) is 0 Å². The fourth-order valence-electron chi connectivity index (χ4n) is 9.88. The van der Waals surface area contributed by atoms with Gasteiger partial charge in [-0.1, -0.05) is 133 Å². The summed E-state index contributed by atoms with van der Waals surface area (Å²) in [6.07, 6.45) is 0. The second kappa shape index (κ2) is 11.5. The summed E-state index contributed by atoms with van der Waals surface area (Å²) in [5, 5.41) is 10.2. The molecule has 0 saturated carbocycles. The summed E-state index contributed by atoms with van der Waals surface area (Å²) in [4.78, 5) is 0. The van der Waals surface area contributed by atoms with Crippen LogP contribution in [0.5, 0.6) is 0 Å². The smallest absolute Gasteiger partial charge is 0.0622 e. The average Bonchev–Trinajstić information content (AvgIpc) is 4.00. The standard InChI is InChI=1S/C54H33N3/c1-2-13-34(14-3-1)35-15-12-16-38(29-35)55-48-21-8-4-17-40(48)44-27-25-37(31-53(44)55)36-26-28-52-45(30-36)41-18-5-9-22-49(41)56(52)39-32-46-42-19-6-10-23-50(42)57-51-24-11-7-20-43(51)47(33-39)54(46)57/h1-33H. The number of rotatable bonds is 4. The first-order chi connectivity index (χ1) is 28.3. The summed E-state index contributed by atoms with van der Waals surface area (Å²) in [6.45, 7) is 0. The lowest BCUT2D eigenvalue weighted by Gasteiger charge is -2.12. The Labute approximate surface area is 327 Å². The maximum Gasteiger partial charge on any atom is 0.0622 e. The zero-order valence-electron chi connectivity index (χ0n) is 30.9. The fourth-order valence-corrected chi connectivity index (χ4v) is 9.88. The minimum absolute atomic E-state index is 1.16. The molecule has 0 aliphatic rings. The molecule has 0 unspecified atom stereocenters. The normalized spacial score (nSPS) is 12.2. The average molecular weight is 724 g/mol. The van der Waals surface area contributed by atoms with Gasteiger partial charge in [0.2, 0.25) is 0 Å². The van der Waals surface area contributed by atoms with Gasteiger partial charge in [-0.05, 0) is 89.0 Å². The molecule has 0 saturated heterocycles. The van der Waals surface area contributed by atoms with Crippen molar-refractivity contribution in [1.82, 2.24) is 13.5 Å². The molecule has 0 N–H and O–H groups in total. The summed E-state index contributed by atoms with van der Waals surface area (Å²) in [5.41, 5.74) is 15.8. The minimum Gasteiger partial charge on any atom is -0.309 e. The first-order valence-corrected chi connectivity index (χ1v) is 19.7. The highest BCUT2D eigenvalue weighted by Crippen LogP contribution is 2.43. The first kappa shape index (κ1) is 30.7. The van der Waals surface area contributed by atoms with Crippen molar-refractivity contribution < 1.29 is 0 Å². The Hall–Kier alpha value is -7.62. The van der Waals surface area contributed by atoms with Crippen molar-refractivity contribution in [3.63, 3.8) is 0 Å². The zero-order valence-corrected chi connectivity index (χ0v) is 30.9. The molecule has 0 spiro atoms. The van der Waals surface area contributed by atoms with E-state index >= 15 is 0 Å². The molecule has 0 amide bonds. The van der Waals surface area contributed by atoms with Gasteiger partial charge in [0, 0.05) is 54.5 Å². The molecule has 4 aromatic heterocycles. The molecule has 0 atom stereocenters. The Bertz CT molecular complexity index is 3660. The molecular weight excluding hydrogens is 691 g/mol. The van der Waals surface area contributed by atoms with Crippen LogP contribution in [0.2, 0.25) is 0 Å². The van der Waals surface area contributed by atoms with Crippen LogP contribution in [-0.4, -0.2) is 13.5 Å². The van der Waals surface area contributed by atoms with Crippen molar-refractivity contribution in [2.45, 2.75) is 0 Å². The van der Waals surface area contributed by atoms with E-state index in [4.69, 9.17) is 0 Å². The number of nitrogens with zero attached hydrogens (tertiary/aromatic N) is 3. The third-order valence-electron chi connectivity index (χ3n) is 12.3. The van der Waals surface area contributed by atoms with Crippen LogP contribution in [-0.2, 0) is 0 Å². The Morgan fingerprint density at radius 3 is 1.39 bits per heavy atom. The summed E-state index contributed by atoms with van der Waals surface area (Å²) >= 11 is 0. The molecule has 0 fully saturated rings. The van der Waals surface area contributed by atoms with E-state index in [1.54, 1.807) is 0 Å². The highest BCUT2D eigenvalue weighted by molar-refractivity contribution is 6.24. The molecule has 13 aromatic rings. The second-order valence-electron chi connectivity index (χ2n) is 15.3. The molecular formula is C54H33N3. The lowest BCUT2D eigenvalue weighted by atomic mass is 10.0. The highest BCUT2D eigenvalue weighted by Gasteiger charge is 2.21. The summed E-state index contributed by atoms with van der Waals surface area (Å²) in [6, 6.07) is 73.7. The number of hydrogen-bond acceptors (Lipinski definition) is 0. The van der Waals surface area contributed by atoms with Crippen molar-refractivity contribution in [3.05, 3.63) is 200 Å². The van der Waals surface area contributed by atoms with Crippen LogP contribution >= 0.6 is 0 Å². The topological polar surface area (TPSA) is 14.3 Å². The molecule has 0 aliphatic heterocycles. The third kappa shape index (κ3) is 4.26. The predicted octanol–water partition coefficient (Wildman–Crippen LogP) is 14.4. The van der Waals surface area contributed by atoms with E-state index < -0.39 is 0 Å². The van der Waals surface area contributed by atoms with Gasteiger partial charge in [-0.15, -0.1) is 0 Å². The highest BCUT2D eigenvalue weighted by atomic mass is 15.0. The molecule has 57 heavy (non-hydrogen) atoms. The lowest BCUT2D eigenvalue weighted by Crippen LogP contribution is -1.95. The van der Waals surface area contributed by atoms with Crippen molar-refractivity contribution in [2.75, 3.05) is 0 Å². The Kier molecular flexibility index (Phi) is 6.16. The number of para-hydroxylation sites is 4. The predicted molar refractivity (Wildman–Crippen MR) is 241 cm³/mol. The van der Waals surface area contributed by atoms with Gasteiger partial charge in [0.1, 0.15) is 0 Å². The van der Waals surface area contributed by atoms with Crippen molar-refractivity contribution >= 4 is 81.7 Å². The summed E-state index contributed by atoms with van der Waals surface area (Å²) < 4.78 is 7.35. The van der Waals surface area contributed by atoms with E-state index in [2.05, 4.69) is 214 Å². The largest absolute Gasteiger partial charge is 0.309 e. The number of benzene rings is 9. The number of hydrogen-bond donors (Lipinski definition) is 0. The Morgan fingerprint density at radius 2 is 0.702 bits per heavy atom. The van der Waals surface area contributed by atoms with Gasteiger partial charge in [-0.2, -0.15) is 0 Å². The number of aromatic nitrogens is 3. The first-order valence-electron chi connectivity index (χ1n) is 19.7. The number of fused-ring (bicyclic) bond motifs is 12. The Morgan fingerprint density at radius 1 is 0.228 bits per heavy atom. The van der Waals surface area contributed by atoms with Gasteiger partial charge in [0.05, 0.1) is 38.6 Å². The van der Waals surface area contributed by atoms with Crippen LogP contribution in [0.1, 0.15) is 0 Å². The van der Waals surface area contributed by atoms with E-state index in [0.29, 0.717) is 0 Å². The van der Waals surface area contributed by atoms with Gasteiger partial charge < -0.3 is 13.5 Å². The zero-order chi connectivity index (χ0) is 37.2. The molecule has 264 valence electrons. The molecule has 3 heteroatoms. The molecule has 13 rings (SSSR count). The van der Waals surface area contributed by atoms with E-state index in [1.807, 2.05) is 0 Å². The lowest BCUT2D eigenvalue weighted by molar-refractivity contribution is 1.18. The third-order valence-corrected chi connectivity index (χ3v) is 12.3. The maximum atomic E-state index is 2.47. The van der Waals surface area contributed by atoms with Crippen LogP contribution in [0.25, 0.3) is 115 Å². The van der Waals surface area contributed by atoms with Crippen LogP contribution in [0.3, 0.4) is 0 Å². The van der Waals surface area contributed by atoms with E-state index in [1.165, 1.54) is 110 Å². The van der Waals surface area contributed by atoms with Gasteiger partial charge in [-0.25, -0.2) is 0 Å². The fraction of sp³-hybridized carbons (Fsp3) is 0. The van der Waals surface area contributed by atoms with Gasteiger partial charge >= 0.3 is 0 Å². The van der Waals surface area contributed by atoms with Gasteiger partial charge in [0.15, 0.2) is 0 Å².